The highest BCUT2D eigenvalue weighted by atomic mass is 35.5. The van der Waals surface area contributed by atoms with Crippen molar-refractivity contribution in [2.45, 2.75) is 39.7 Å². The summed E-state index contributed by atoms with van der Waals surface area (Å²) in [5.41, 5.74) is -1.53. The average Bonchev–Trinajstić information content (AvgIpc) is 2.35. The Balaban J connectivity index is 3.25. The molecule has 6 heteroatoms. The maximum Gasteiger partial charge on any atom is 0.357 e. The van der Waals surface area contributed by atoms with E-state index in [0.717, 1.165) is 4.42 Å². The molecule has 1 aliphatic heterocycles. The first-order chi connectivity index (χ1) is 6.70. The van der Waals surface area contributed by atoms with E-state index in [-0.39, 0.29) is 0 Å². The molecule has 0 aliphatic carbocycles. The van der Waals surface area contributed by atoms with Crippen LogP contribution in [-0.2, 0) is 4.79 Å². The number of hydrogen-bond acceptors (Lipinski definition) is 2. The van der Waals surface area contributed by atoms with Gasteiger partial charge in [-0.2, -0.15) is 4.42 Å². The lowest BCUT2D eigenvalue weighted by Gasteiger charge is -2.40. The molecule has 0 aromatic heterocycles. The van der Waals surface area contributed by atoms with Crippen LogP contribution in [0.1, 0.15) is 34.1 Å². The molecule has 1 aliphatic rings. The second-order valence-corrected chi connectivity index (χ2v) is 5.14. The third kappa shape index (κ3) is 1.42. The van der Waals surface area contributed by atoms with E-state index in [2.05, 4.69) is 0 Å². The molecule has 0 aromatic carbocycles. The Kier molecular flexibility index (Phi) is 2.96. The number of rotatable bonds is 2. The molecule has 1 saturated heterocycles. The molecule has 1 rings (SSSR count). The van der Waals surface area contributed by atoms with Crippen LogP contribution in [0.25, 0.3) is 0 Å². The van der Waals surface area contributed by atoms with E-state index < -0.39 is 22.9 Å². The molecule has 4 nitrogen and oxygen atoms in total. The van der Waals surface area contributed by atoms with Crippen LogP contribution in [0.4, 0.5) is 4.79 Å². The molecule has 1 unspecified atom stereocenters. The van der Waals surface area contributed by atoms with E-state index in [9.17, 15) is 9.59 Å². The highest BCUT2D eigenvalue weighted by Crippen LogP contribution is 2.45. The third-order valence-electron chi connectivity index (χ3n) is 3.52. The highest BCUT2D eigenvalue weighted by molar-refractivity contribution is 6.39. The molecule has 0 bridgehead atoms. The molecule has 3 amide bonds. The molecule has 1 fully saturated rings. The Labute approximate surface area is 99.3 Å². The Morgan fingerprint density at radius 2 is 1.80 bits per heavy atom. The van der Waals surface area contributed by atoms with Crippen LogP contribution in [-0.4, -0.2) is 26.3 Å². The number of imide groups is 1. The minimum absolute atomic E-state index is 0.439. The summed E-state index contributed by atoms with van der Waals surface area (Å²) in [6.07, 6.45) is 0.705. The lowest BCUT2D eigenvalue weighted by atomic mass is 9.71. The Hall–Kier alpha value is -0.480. The van der Waals surface area contributed by atoms with Gasteiger partial charge < -0.3 is 0 Å². The second kappa shape index (κ2) is 3.52. The molecular formula is C9H14Cl2N2O2. The minimum atomic E-state index is -1.10. The SMILES string of the molecule is CCC(C)(C)C1(C)C(=O)N(Cl)C(=O)N1Cl. The van der Waals surface area contributed by atoms with E-state index in [1.165, 1.54) is 0 Å². The Bertz CT molecular complexity index is 319. The average molecular weight is 253 g/mol. The van der Waals surface area contributed by atoms with Gasteiger partial charge in [0.15, 0.2) is 0 Å². The summed E-state index contributed by atoms with van der Waals surface area (Å²) < 4.78 is 1.44. The first kappa shape index (κ1) is 12.6. The van der Waals surface area contributed by atoms with Crippen LogP contribution >= 0.6 is 23.6 Å². The molecule has 86 valence electrons. The smallest absolute Gasteiger partial charge is 0.270 e. The summed E-state index contributed by atoms with van der Waals surface area (Å²) in [6, 6.07) is -0.688. The van der Waals surface area contributed by atoms with Crippen molar-refractivity contribution in [3.63, 3.8) is 0 Å². The Morgan fingerprint density at radius 1 is 1.33 bits per heavy atom. The molecular weight excluding hydrogens is 239 g/mol. The fourth-order valence-electron chi connectivity index (χ4n) is 1.53. The minimum Gasteiger partial charge on any atom is -0.270 e. The van der Waals surface area contributed by atoms with Crippen molar-refractivity contribution in [2.24, 2.45) is 5.41 Å². The molecule has 15 heavy (non-hydrogen) atoms. The van der Waals surface area contributed by atoms with Gasteiger partial charge >= 0.3 is 6.03 Å². The standard InChI is InChI=1S/C9H14Cl2N2O2/c1-5-8(2,3)9(4)6(14)12(10)7(15)13(9)11/h5H2,1-4H3. The summed E-state index contributed by atoms with van der Waals surface area (Å²) in [7, 11) is 0. The van der Waals surface area contributed by atoms with Crippen LogP contribution in [0.2, 0.25) is 0 Å². The number of halogens is 2. The summed E-state index contributed by atoms with van der Waals surface area (Å²) in [6.45, 7) is 7.32. The van der Waals surface area contributed by atoms with Gasteiger partial charge in [0, 0.05) is 23.6 Å². The fraction of sp³-hybridized carbons (Fsp3) is 0.778. The summed E-state index contributed by atoms with van der Waals surface area (Å²) in [5, 5.41) is 0. The number of hydrogen-bond donors (Lipinski definition) is 0. The summed E-state index contributed by atoms with van der Waals surface area (Å²) in [5.74, 6) is -0.476. The molecule has 0 aromatic rings. The van der Waals surface area contributed by atoms with Gasteiger partial charge in [-0.05, 0) is 18.8 Å². The lowest BCUT2D eigenvalue weighted by molar-refractivity contribution is -0.133. The van der Waals surface area contributed by atoms with Crippen LogP contribution in [0, 0.1) is 5.41 Å². The monoisotopic (exact) mass is 252 g/mol. The molecule has 0 radical (unpaired) electrons. The zero-order valence-electron chi connectivity index (χ0n) is 9.17. The maximum atomic E-state index is 11.9. The largest absolute Gasteiger partial charge is 0.357 e. The van der Waals surface area contributed by atoms with Gasteiger partial charge in [0.25, 0.3) is 5.91 Å². The van der Waals surface area contributed by atoms with E-state index in [1.807, 2.05) is 20.8 Å². The van der Waals surface area contributed by atoms with Crippen LogP contribution in [0.3, 0.4) is 0 Å². The van der Waals surface area contributed by atoms with Gasteiger partial charge in [0.05, 0.1) is 0 Å². The summed E-state index contributed by atoms with van der Waals surface area (Å²) in [4.78, 5) is 23.4. The van der Waals surface area contributed by atoms with Gasteiger partial charge in [-0.3, -0.25) is 4.79 Å². The van der Waals surface area contributed by atoms with Crippen molar-refractivity contribution in [3.05, 3.63) is 0 Å². The first-order valence-electron chi connectivity index (χ1n) is 4.70. The quantitative estimate of drug-likeness (QED) is 0.560. The normalized spacial score (nSPS) is 27.9. The molecule has 0 spiro atoms. The van der Waals surface area contributed by atoms with Crippen molar-refractivity contribution in [3.8, 4) is 0 Å². The zero-order valence-corrected chi connectivity index (χ0v) is 10.7. The van der Waals surface area contributed by atoms with Gasteiger partial charge in [0.1, 0.15) is 5.54 Å². The van der Waals surface area contributed by atoms with Crippen molar-refractivity contribution >= 4 is 35.5 Å². The fourth-order valence-corrected chi connectivity index (χ4v) is 2.19. The van der Waals surface area contributed by atoms with Gasteiger partial charge in [-0.1, -0.05) is 20.8 Å². The number of carbonyl (C=O) groups is 2. The summed E-state index contributed by atoms with van der Waals surface area (Å²) >= 11 is 11.4. The topological polar surface area (TPSA) is 40.6 Å². The van der Waals surface area contributed by atoms with Crippen molar-refractivity contribution in [1.29, 1.82) is 0 Å². The highest BCUT2D eigenvalue weighted by Gasteiger charge is 2.61. The Morgan fingerprint density at radius 3 is 2.07 bits per heavy atom. The number of amides is 3. The second-order valence-electron chi connectivity index (χ2n) is 4.46. The van der Waals surface area contributed by atoms with Gasteiger partial charge in [0.2, 0.25) is 0 Å². The first-order valence-corrected chi connectivity index (χ1v) is 5.38. The predicted molar refractivity (Wildman–Crippen MR) is 58.3 cm³/mol. The van der Waals surface area contributed by atoms with E-state index >= 15 is 0 Å². The van der Waals surface area contributed by atoms with Gasteiger partial charge in [-0.25, -0.2) is 9.21 Å². The van der Waals surface area contributed by atoms with E-state index in [4.69, 9.17) is 23.6 Å². The number of urea groups is 1. The van der Waals surface area contributed by atoms with E-state index in [1.54, 1.807) is 6.92 Å². The van der Waals surface area contributed by atoms with E-state index in [0.29, 0.717) is 10.8 Å². The molecule has 0 N–H and O–H groups in total. The van der Waals surface area contributed by atoms with Crippen molar-refractivity contribution in [2.75, 3.05) is 0 Å². The lowest BCUT2D eigenvalue weighted by Crippen LogP contribution is -2.53. The number of carbonyl (C=O) groups excluding carboxylic acids is 2. The number of nitrogens with zero attached hydrogens (tertiary/aromatic N) is 2. The molecule has 1 heterocycles. The third-order valence-corrected chi connectivity index (χ3v) is 4.31. The van der Waals surface area contributed by atoms with Crippen LogP contribution in [0.5, 0.6) is 0 Å². The predicted octanol–water partition coefficient (Wildman–Crippen LogP) is 2.75. The van der Waals surface area contributed by atoms with Crippen LogP contribution < -0.4 is 0 Å². The molecule has 0 saturated carbocycles. The van der Waals surface area contributed by atoms with Crippen molar-refractivity contribution < 1.29 is 9.59 Å². The zero-order chi connectivity index (χ0) is 12.0. The van der Waals surface area contributed by atoms with Crippen LogP contribution in [0.15, 0.2) is 0 Å². The molecule has 1 atom stereocenters. The van der Waals surface area contributed by atoms with Crippen molar-refractivity contribution in [1.82, 2.24) is 8.84 Å². The van der Waals surface area contributed by atoms with Gasteiger partial charge in [-0.15, -0.1) is 0 Å². The maximum absolute atomic E-state index is 11.9.